The fourth-order valence-corrected chi connectivity index (χ4v) is 6.93. The van der Waals surface area contributed by atoms with E-state index in [1.54, 1.807) is 0 Å². The molecule has 0 N–H and O–H groups in total. The summed E-state index contributed by atoms with van der Waals surface area (Å²) >= 11 is 0. The lowest BCUT2D eigenvalue weighted by Crippen LogP contribution is -1.99. The minimum Gasteiger partial charge on any atom is -0.228 e. The average Bonchev–Trinajstić information content (AvgIpc) is 3.31. The van der Waals surface area contributed by atoms with Crippen LogP contribution in [-0.4, -0.2) is 24.9 Å². The topological polar surface area (TPSA) is 64.5 Å². The van der Waals surface area contributed by atoms with Gasteiger partial charge in [-0.3, -0.25) is 0 Å². The Morgan fingerprint density at radius 3 is 1.40 bits per heavy atom. The smallest absolute Gasteiger partial charge is 0.164 e. The Morgan fingerprint density at radius 2 is 0.845 bits per heavy atom. The SMILES string of the molecule is C=C/C(=C\C=C\c1nc(-c2ccccc2)nc(-c2ccccc2)n1)c1ccc2ccc(-c3ccc(-c4cc(-c5ccccc5)nc(-c5ccccc5)n4)cc3)cc2c1. The van der Waals surface area contributed by atoms with Crippen LogP contribution in [0.3, 0.4) is 0 Å². The number of allylic oxidation sites excluding steroid dienone is 4. The van der Waals surface area contributed by atoms with Crippen molar-refractivity contribution in [2.45, 2.75) is 0 Å². The monoisotopic (exact) mass is 743 g/mol. The van der Waals surface area contributed by atoms with Gasteiger partial charge >= 0.3 is 0 Å². The molecule has 58 heavy (non-hydrogen) atoms. The van der Waals surface area contributed by atoms with Crippen molar-refractivity contribution in [3.8, 4) is 67.8 Å². The molecule has 0 atom stereocenters. The van der Waals surface area contributed by atoms with E-state index in [0.29, 0.717) is 23.3 Å². The Kier molecular flexibility index (Phi) is 10.2. The van der Waals surface area contributed by atoms with Gasteiger partial charge < -0.3 is 0 Å². The van der Waals surface area contributed by atoms with Gasteiger partial charge in [0.1, 0.15) is 0 Å². The van der Waals surface area contributed by atoms with Crippen LogP contribution in [0.15, 0.2) is 213 Å². The molecule has 2 aromatic heterocycles. The molecule has 5 nitrogen and oxygen atoms in total. The molecule has 0 spiro atoms. The molecule has 0 fully saturated rings. The summed E-state index contributed by atoms with van der Waals surface area (Å²) in [5, 5.41) is 2.31. The third kappa shape index (κ3) is 7.92. The molecular weight excluding hydrogens is 707 g/mol. The van der Waals surface area contributed by atoms with Crippen molar-refractivity contribution in [1.29, 1.82) is 0 Å². The average molecular weight is 744 g/mol. The molecule has 0 amide bonds. The van der Waals surface area contributed by atoms with E-state index in [1.807, 2.05) is 133 Å². The summed E-state index contributed by atoms with van der Waals surface area (Å²) in [6, 6.07) is 64.2. The molecule has 0 aliphatic heterocycles. The molecule has 0 unspecified atom stereocenters. The first-order valence-electron chi connectivity index (χ1n) is 19.2. The molecule has 9 rings (SSSR count). The Morgan fingerprint density at radius 1 is 0.379 bits per heavy atom. The predicted molar refractivity (Wildman–Crippen MR) is 239 cm³/mol. The molecule has 7 aromatic carbocycles. The first kappa shape index (κ1) is 35.8. The molecule has 274 valence electrons. The van der Waals surface area contributed by atoms with E-state index in [4.69, 9.17) is 24.9 Å². The molecule has 0 saturated carbocycles. The van der Waals surface area contributed by atoms with Gasteiger partial charge in [0.15, 0.2) is 23.3 Å². The molecule has 2 heterocycles. The maximum Gasteiger partial charge on any atom is 0.164 e. The molecule has 0 bridgehead atoms. The third-order valence-corrected chi connectivity index (χ3v) is 9.97. The lowest BCUT2D eigenvalue weighted by molar-refractivity contribution is 1.04. The third-order valence-electron chi connectivity index (χ3n) is 9.97. The Hall–Kier alpha value is -7.89. The van der Waals surface area contributed by atoms with E-state index >= 15 is 0 Å². The Bertz CT molecular complexity index is 2810. The second-order valence-electron chi connectivity index (χ2n) is 13.8. The fourth-order valence-electron chi connectivity index (χ4n) is 6.93. The van der Waals surface area contributed by atoms with E-state index in [0.717, 1.165) is 72.2 Å². The highest BCUT2D eigenvalue weighted by atomic mass is 15.0. The van der Waals surface area contributed by atoms with Crippen LogP contribution in [-0.2, 0) is 0 Å². The minimum atomic E-state index is 0.578. The molecule has 5 heteroatoms. The zero-order valence-corrected chi connectivity index (χ0v) is 31.7. The van der Waals surface area contributed by atoms with E-state index in [-0.39, 0.29) is 0 Å². The number of hydrogen-bond donors (Lipinski definition) is 0. The van der Waals surface area contributed by atoms with Crippen molar-refractivity contribution < 1.29 is 0 Å². The summed E-state index contributed by atoms with van der Waals surface area (Å²) in [5.41, 5.74) is 11.0. The summed E-state index contributed by atoms with van der Waals surface area (Å²) in [6.07, 6.45) is 7.82. The first-order valence-corrected chi connectivity index (χ1v) is 19.2. The molecule has 9 aromatic rings. The summed E-state index contributed by atoms with van der Waals surface area (Å²) in [7, 11) is 0. The number of rotatable bonds is 10. The minimum absolute atomic E-state index is 0.578. The van der Waals surface area contributed by atoms with Crippen LogP contribution >= 0.6 is 0 Å². The van der Waals surface area contributed by atoms with Gasteiger partial charge in [-0.1, -0.05) is 195 Å². The normalized spacial score (nSPS) is 11.6. The van der Waals surface area contributed by atoms with Gasteiger partial charge in [-0.25, -0.2) is 24.9 Å². The van der Waals surface area contributed by atoms with Crippen LogP contribution in [0.4, 0.5) is 0 Å². The van der Waals surface area contributed by atoms with Crippen molar-refractivity contribution in [2.24, 2.45) is 0 Å². The van der Waals surface area contributed by atoms with Gasteiger partial charge in [-0.2, -0.15) is 0 Å². The quantitative estimate of drug-likeness (QED) is 0.131. The van der Waals surface area contributed by atoms with Gasteiger partial charge in [-0.05, 0) is 57.3 Å². The highest BCUT2D eigenvalue weighted by Crippen LogP contribution is 2.32. The lowest BCUT2D eigenvalue weighted by atomic mass is 9.96. The van der Waals surface area contributed by atoms with Gasteiger partial charge in [0.25, 0.3) is 0 Å². The van der Waals surface area contributed by atoms with Crippen LogP contribution in [0.25, 0.3) is 90.2 Å². The number of benzene rings is 7. The second kappa shape index (κ2) is 16.5. The largest absolute Gasteiger partial charge is 0.228 e. The molecule has 0 saturated heterocycles. The van der Waals surface area contributed by atoms with Crippen molar-refractivity contribution in [3.63, 3.8) is 0 Å². The number of aromatic nitrogens is 5. The van der Waals surface area contributed by atoms with Crippen LogP contribution in [0.2, 0.25) is 0 Å². The summed E-state index contributed by atoms with van der Waals surface area (Å²) in [5.74, 6) is 2.54. The van der Waals surface area contributed by atoms with E-state index in [9.17, 15) is 0 Å². The standard InChI is InChI=1S/C53H37N5/c1-2-37(24-15-25-50-56-52(43-20-11-5-12-21-43)58-53(57-50)44-22-13-6-14-23-44)45-32-28-39-29-33-46(35-47(39)34-45)38-26-30-41(31-27-38)49-36-48(40-16-7-3-8-17-40)54-51(55-49)42-18-9-4-10-19-42/h2-36H,1H2/b25-15+,37-24+. The van der Waals surface area contributed by atoms with Crippen molar-refractivity contribution in [2.75, 3.05) is 0 Å². The molecule has 0 aliphatic carbocycles. The first-order chi connectivity index (χ1) is 28.7. The van der Waals surface area contributed by atoms with Gasteiger partial charge in [0.2, 0.25) is 0 Å². The van der Waals surface area contributed by atoms with E-state index in [1.165, 1.54) is 0 Å². The lowest BCUT2D eigenvalue weighted by Gasteiger charge is -2.11. The molecular formula is C53H37N5. The summed E-state index contributed by atoms with van der Waals surface area (Å²) in [4.78, 5) is 24.3. The van der Waals surface area contributed by atoms with Gasteiger partial charge in [-0.15, -0.1) is 0 Å². The number of fused-ring (bicyclic) bond motifs is 1. The fraction of sp³-hybridized carbons (Fsp3) is 0. The zero-order valence-electron chi connectivity index (χ0n) is 31.7. The van der Waals surface area contributed by atoms with Gasteiger partial charge in [0, 0.05) is 27.8 Å². The Labute approximate surface area is 338 Å². The zero-order chi connectivity index (χ0) is 39.1. The summed E-state index contributed by atoms with van der Waals surface area (Å²) in [6.45, 7) is 4.14. The highest BCUT2D eigenvalue weighted by molar-refractivity contribution is 5.91. The van der Waals surface area contributed by atoms with Gasteiger partial charge in [0.05, 0.1) is 11.4 Å². The Balaban J connectivity index is 0.995. The van der Waals surface area contributed by atoms with E-state index in [2.05, 4.69) is 85.4 Å². The maximum atomic E-state index is 5.01. The van der Waals surface area contributed by atoms with E-state index < -0.39 is 0 Å². The highest BCUT2D eigenvalue weighted by Gasteiger charge is 2.12. The number of hydrogen-bond acceptors (Lipinski definition) is 5. The number of nitrogens with zero attached hydrogens (tertiary/aromatic N) is 5. The predicted octanol–water partition coefficient (Wildman–Crippen LogP) is 13.1. The van der Waals surface area contributed by atoms with Crippen LogP contribution in [0.1, 0.15) is 11.4 Å². The van der Waals surface area contributed by atoms with Crippen molar-refractivity contribution in [3.05, 3.63) is 224 Å². The van der Waals surface area contributed by atoms with Crippen molar-refractivity contribution in [1.82, 2.24) is 24.9 Å². The van der Waals surface area contributed by atoms with Crippen molar-refractivity contribution >= 4 is 22.4 Å². The maximum absolute atomic E-state index is 5.01. The van der Waals surface area contributed by atoms with Crippen LogP contribution in [0, 0.1) is 0 Å². The second-order valence-corrected chi connectivity index (χ2v) is 13.8. The molecule has 0 radical (unpaired) electrons. The molecule has 0 aliphatic rings. The summed E-state index contributed by atoms with van der Waals surface area (Å²) < 4.78 is 0. The van der Waals surface area contributed by atoms with Crippen LogP contribution in [0.5, 0.6) is 0 Å². The van der Waals surface area contributed by atoms with Crippen LogP contribution < -0.4 is 0 Å².